The summed E-state index contributed by atoms with van der Waals surface area (Å²) in [4.78, 5) is 11.3. The molecule has 0 radical (unpaired) electrons. The molecule has 0 aliphatic carbocycles. The number of alkyl halides is 1. The second kappa shape index (κ2) is 5.42. The first kappa shape index (κ1) is 12.7. The fraction of sp³-hybridized carbons (Fsp3) is 0.875. The van der Waals surface area contributed by atoms with Gasteiger partial charge in [0.2, 0.25) is 5.91 Å². The van der Waals surface area contributed by atoms with Gasteiger partial charge in [-0.1, -0.05) is 0 Å². The van der Waals surface area contributed by atoms with Crippen LogP contribution in [0.15, 0.2) is 0 Å². The van der Waals surface area contributed by atoms with E-state index in [2.05, 4.69) is 5.32 Å². The van der Waals surface area contributed by atoms with E-state index >= 15 is 0 Å². The quantitative estimate of drug-likeness (QED) is 0.546. The van der Waals surface area contributed by atoms with Crippen LogP contribution in [0.25, 0.3) is 0 Å². The standard InChI is InChI=1S/C8H16ClNO3/c1-8(2,5-9)7(13)10-3-6(12)4-11/h6,11-12H,3-5H2,1-2H3,(H,10,13). The van der Waals surface area contributed by atoms with Crippen LogP contribution in [0, 0.1) is 5.41 Å². The summed E-state index contributed by atoms with van der Waals surface area (Å²) < 4.78 is 0. The highest BCUT2D eigenvalue weighted by atomic mass is 35.5. The summed E-state index contributed by atoms with van der Waals surface area (Å²) in [5, 5.41) is 19.9. The number of halogens is 1. The monoisotopic (exact) mass is 209 g/mol. The van der Waals surface area contributed by atoms with E-state index in [0.717, 1.165) is 0 Å². The number of amides is 1. The zero-order valence-corrected chi connectivity index (χ0v) is 8.64. The van der Waals surface area contributed by atoms with Crippen molar-refractivity contribution in [2.24, 2.45) is 5.41 Å². The first-order valence-electron chi connectivity index (χ1n) is 4.07. The first-order chi connectivity index (χ1) is 5.94. The molecular weight excluding hydrogens is 194 g/mol. The fourth-order valence-electron chi connectivity index (χ4n) is 0.575. The Morgan fingerprint density at radius 3 is 2.54 bits per heavy atom. The second-order valence-corrected chi connectivity index (χ2v) is 3.83. The van der Waals surface area contributed by atoms with Crippen molar-refractivity contribution in [3.05, 3.63) is 0 Å². The van der Waals surface area contributed by atoms with Crippen LogP contribution in [0.5, 0.6) is 0 Å². The number of hydrogen-bond acceptors (Lipinski definition) is 3. The Balaban J connectivity index is 3.88. The van der Waals surface area contributed by atoms with Crippen molar-refractivity contribution < 1.29 is 15.0 Å². The smallest absolute Gasteiger partial charge is 0.226 e. The van der Waals surface area contributed by atoms with E-state index in [1.165, 1.54) is 0 Å². The highest BCUT2D eigenvalue weighted by Gasteiger charge is 2.26. The Morgan fingerprint density at radius 1 is 1.62 bits per heavy atom. The van der Waals surface area contributed by atoms with Crippen molar-refractivity contribution in [1.29, 1.82) is 0 Å². The number of nitrogens with one attached hydrogen (secondary N) is 1. The number of hydrogen-bond donors (Lipinski definition) is 3. The van der Waals surface area contributed by atoms with Gasteiger partial charge in [0.1, 0.15) is 0 Å². The number of carbonyl (C=O) groups is 1. The molecule has 0 aromatic carbocycles. The van der Waals surface area contributed by atoms with Crippen LogP contribution in [0.1, 0.15) is 13.8 Å². The molecule has 1 amide bonds. The molecular formula is C8H16ClNO3. The van der Waals surface area contributed by atoms with Gasteiger partial charge >= 0.3 is 0 Å². The van der Waals surface area contributed by atoms with E-state index in [9.17, 15) is 4.79 Å². The lowest BCUT2D eigenvalue weighted by Gasteiger charge is -2.21. The molecule has 1 atom stereocenters. The van der Waals surface area contributed by atoms with Gasteiger partial charge in [-0.05, 0) is 13.8 Å². The van der Waals surface area contributed by atoms with Crippen LogP contribution in [0.2, 0.25) is 0 Å². The molecule has 0 rings (SSSR count). The van der Waals surface area contributed by atoms with Crippen molar-refractivity contribution in [3.63, 3.8) is 0 Å². The predicted molar refractivity (Wildman–Crippen MR) is 50.6 cm³/mol. The molecule has 3 N–H and O–H groups in total. The van der Waals surface area contributed by atoms with Gasteiger partial charge in [-0.25, -0.2) is 0 Å². The summed E-state index contributed by atoms with van der Waals surface area (Å²) in [6, 6.07) is 0. The van der Waals surface area contributed by atoms with E-state index in [0.29, 0.717) is 0 Å². The third-order valence-electron chi connectivity index (χ3n) is 1.66. The van der Waals surface area contributed by atoms with E-state index in [-0.39, 0.29) is 24.9 Å². The van der Waals surface area contributed by atoms with Crippen LogP contribution in [-0.2, 0) is 4.79 Å². The molecule has 0 saturated heterocycles. The van der Waals surface area contributed by atoms with Crippen LogP contribution < -0.4 is 5.32 Å². The van der Waals surface area contributed by atoms with Crippen LogP contribution in [0.3, 0.4) is 0 Å². The van der Waals surface area contributed by atoms with Crippen molar-refractivity contribution in [1.82, 2.24) is 5.32 Å². The van der Waals surface area contributed by atoms with Crippen LogP contribution >= 0.6 is 11.6 Å². The van der Waals surface area contributed by atoms with Gasteiger partial charge in [-0.15, -0.1) is 11.6 Å². The van der Waals surface area contributed by atoms with E-state index < -0.39 is 11.5 Å². The van der Waals surface area contributed by atoms with E-state index in [1.807, 2.05) is 0 Å². The molecule has 5 heteroatoms. The fourth-order valence-corrected chi connectivity index (χ4v) is 0.696. The highest BCUT2D eigenvalue weighted by Crippen LogP contribution is 2.16. The molecule has 4 nitrogen and oxygen atoms in total. The van der Waals surface area contributed by atoms with E-state index in [1.54, 1.807) is 13.8 Å². The number of carbonyl (C=O) groups excluding carboxylic acids is 1. The Bertz CT molecular complexity index is 173. The summed E-state index contributed by atoms with van der Waals surface area (Å²) in [6.07, 6.45) is -0.907. The Kier molecular flexibility index (Phi) is 5.29. The molecule has 13 heavy (non-hydrogen) atoms. The maximum Gasteiger partial charge on any atom is 0.226 e. The van der Waals surface area contributed by atoms with Gasteiger partial charge in [0.15, 0.2) is 0 Å². The lowest BCUT2D eigenvalue weighted by Crippen LogP contribution is -2.42. The Labute approximate surface area is 82.9 Å². The maximum absolute atomic E-state index is 11.3. The van der Waals surface area contributed by atoms with Crippen LogP contribution in [-0.4, -0.2) is 41.3 Å². The molecule has 0 aromatic rings. The lowest BCUT2D eigenvalue weighted by molar-refractivity contribution is -0.128. The summed E-state index contributed by atoms with van der Waals surface area (Å²) in [7, 11) is 0. The van der Waals surface area contributed by atoms with Crippen molar-refractivity contribution in [3.8, 4) is 0 Å². The molecule has 0 aromatic heterocycles. The largest absolute Gasteiger partial charge is 0.394 e. The number of aliphatic hydroxyl groups is 2. The number of rotatable bonds is 5. The molecule has 0 saturated carbocycles. The van der Waals surface area contributed by atoms with Crippen molar-refractivity contribution in [2.45, 2.75) is 20.0 Å². The number of aliphatic hydroxyl groups excluding tert-OH is 2. The van der Waals surface area contributed by atoms with E-state index in [4.69, 9.17) is 21.8 Å². The molecule has 78 valence electrons. The second-order valence-electron chi connectivity index (χ2n) is 3.56. The van der Waals surface area contributed by atoms with Gasteiger partial charge in [0.25, 0.3) is 0 Å². The predicted octanol–water partition coefficient (Wildman–Crippen LogP) is -0.279. The molecule has 0 fully saturated rings. The van der Waals surface area contributed by atoms with Gasteiger partial charge in [0, 0.05) is 12.4 Å². The molecule has 0 aliphatic heterocycles. The lowest BCUT2D eigenvalue weighted by atomic mass is 9.95. The minimum absolute atomic E-state index is 0.0512. The average molecular weight is 210 g/mol. The SMILES string of the molecule is CC(C)(CCl)C(=O)NCC(O)CO. The average Bonchev–Trinajstić information content (AvgIpc) is 2.13. The van der Waals surface area contributed by atoms with Crippen molar-refractivity contribution in [2.75, 3.05) is 19.0 Å². The summed E-state index contributed by atoms with van der Waals surface area (Å²) in [5.41, 5.74) is -0.642. The van der Waals surface area contributed by atoms with Crippen molar-refractivity contribution >= 4 is 17.5 Å². The molecule has 0 spiro atoms. The molecule has 0 aliphatic rings. The summed E-state index contributed by atoms with van der Waals surface area (Å²) >= 11 is 5.56. The molecule has 1 unspecified atom stereocenters. The minimum atomic E-state index is -0.907. The highest BCUT2D eigenvalue weighted by molar-refractivity contribution is 6.19. The first-order valence-corrected chi connectivity index (χ1v) is 4.60. The van der Waals surface area contributed by atoms with Gasteiger partial charge in [0.05, 0.1) is 18.1 Å². The van der Waals surface area contributed by atoms with Gasteiger partial charge in [-0.3, -0.25) is 4.79 Å². The zero-order chi connectivity index (χ0) is 10.5. The minimum Gasteiger partial charge on any atom is -0.394 e. The third kappa shape index (κ3) is 4.45. The summed E-state index contributed by atoms with van der Waals surface area (Å²) in [6.45, 7) is 3.11. The van der Waals surface area contributed by atoms with Gasteiger partial charge < -0.3 is 15.5 Å². The Morgan fingerprint density at radius 2 is 2.15 bits per heavy atom. The normalized spacial score (nSPS) is 13.9. The topological polar surface area (TPSA) is 69.6 Å². The third-order valence-corrected chi connectivity index (χ3v) is 2.33. The maximum atomic E-state index is 11.3. The van der Waals surface area contributed by atoms with Crippen LogP contribution in [0.4, 0.5) is 0 Å². The summed E-state index contributed by atoms with van der Waals surface area (Å²) in [5.74, 6) is -0.0105. The molecule has 0 bridgehead atoms. The Hall–Kier alpha value is -0.320. The van der Waals surface area contributed by atoms with Gasteiger partial charge in [-0.2, -0.15) is 0 Å². The zero-order valence-electron chi connectivity index (χ0n) is 7.88. The molecule has 0 heterocycles.